The van der Waals surface area contributed by atoms with Gasteiger partial charge in [0.2, 0.25) is 0 Å². The van der Waals surface area contributed by atoms with E-state index in [1.165, 1.54) is 18.4 Å². The molecule has 1 aromatic rings. The number of piperidine rings is 1. The van der Waals surface area contributed by atoms with E-state index >= 15 is 0 Å². The van der Waals surface area contributed by atoms with Crippen molar-refractivity contribution in [2.24, 2.45) is 11.7 Å². The molecule has 2 N–H and O–H groups in total. The summed E-state index contributed by atoms with van der Waals surface area (Å²) in [6.07, 6.45) is 2.49. The highest BCUT2D eigenvalue weighted by atomic mass is 79.9. The average molecular weight is 368 g/mol. The van der Waals surface area contributed by atoms with Crippen LogP contribution in [0, 0.1) is 5.92 Å². The fourth-order valence-electron chi connectivity index (χ4n) is 2.55. The standard InChI is InChI=1S/C14H20BrClN2.ClH/c1-10(17)11-3-2-6-18(8-11)9-12-4-5-13(15)7-14(12)16;/h4-5,7,10-11H,2-3,6,8-9,17H2,1H3;1H. The quantitative estimate of drug-likeness (QED) is 0.871. The molecule has 1 saturated heterocycles. The zero-order chi connectivity index (χ0) is 13.1. The summed E-state index contributed by atoms with van der Waals surface area (Å²) >= 11 is 9.70. The van der Waals surface area contributed by atoms with Gasteiger partial charge in [-0.3, -0.25) is 4.90 Å². The maximum atomic E-state index is 6.27. The Hall–Kier alpha value is 0.200. The lowest BCUT2D eigenvalue weighted by Crippen LogP contribution is -2.41. The molecule has 19 heavy (non-hydrogen) atoms. The summed E-state index contributed by atoms with van der Waals surface area (Å²) in [6.45, 7) is 5.27. The minimum atomic E-state index is 0. The van der Waals surface area contributed by atoms with E-state index in [0.717, 1.165) is 29.1 Å². The van der Waals surface area contributed by atoms with Crippen LogP contribution in [0.1, 0.15) is 25.3 Å². The van der Waals surface area contributed by atoms with Crippen molar-refractivity contribution in [3.8, 4) is 0 Å². The molecule has 5 heteroatoms. The van der Waals surface area contributed by atoms with E-state index in [4.69, 9.17) is 17.3 Å². The zero-order valence-corrected chi connectivity index (χ0v) is 14.3. The number of likely N-dealkylation sites (tertiary alicyclic amines) is 1. The second-order valence-electron chi connectivity index (χ2n) is 5.23. The van der Waals surface area contributed by atoms with Crippen LogP contribution in [0.4, 0.5) is 0 Å². The van der Waals surface area contributed by atoms with Gasteiger partial charge in [-0.25, -0.2) is 0 Å². The Kier molecular flexibility index (Phi) is 7.12. The van der Waals surface area contributed by atoms with Crippen molar-refractivity contribution in [3.63, 3.8) is 0 Å². The molecule has 1 aromatic carbocycles. The summed E-state index contributed by atoms with van der Waals surface area (Å²) < 4.78 is 1.03. The van der Waals surface area contributed by atoms with Crippen LogP contribution in [0.2, 0.25) is 5.02 Å². The summed E-state index contributed by atoms with van der Waals surface area (Å²) in [6, 6.07) is 6.40. The monoisotopic (exact) mass is 366 g/mol. The second kappa shape index (κ2) is 7.84. The predicted molar refractivity (Wildman–Crippen MR) is 88.1 cm³/mol. The van der Waals surface area contributed by atoms with E-state index in [2.05, 4.69) is 33.8 Å². The van der Waals surface area contributed by atoms with Crippen molar-refractivity contribution in [1.29, 1.82) is 0 Å². The molecule has 0 aromatic heterocycles. The van der Waals surface area contributed by atoms with Gasteiger partial charge in [0.25, 0.3) is 0 Å². The van der Waals surface area contributed by atoms with E-state index in [-0.39, 0.29) is 18.4 Å². The number of hydrogen-bond acceptors (Lipinski definition) is 2. The van der Waals surface area contributed by atoms with Gasteiger partial charge in [0.15, 0.2) is 0 Å². The number of nitrogens with zero attached hydrogens (tertiary/aromatic N) is 1. The minimum absolute atomic E-state index is 0. The summed E-state index contributed by atoms with van der Waals surface area (Å²) in [5.74, 6) is 0.618. The third-order valence-corrected chi connectivity index (χ3v) is 4.54. The van der Waals surface area contributed by atoms with Crippen LogP contribution in [0.3, 0.4) is 0 Å². The van der Waals surface area contributed by atoms with Gasteiger partial charge >= 0.3 is 0 Å². The molecule has 0 aliphatic carbocycles. The molecule has 2 rings (SSSR count). The zero-order valence-electron chi connectivity index (χ0n) is 11.1. The Morgan fingerprint density at radius 3 is 2.89 bits per heavy atom. The summed E-state index contributed by atoms with van der Waals surface area (Å²) in [5.41, 5.74) is 7.21. The van der Waals surface area contributed by atoms with Gasteiger partial charge < -0.3 is 5.73 Å². The molecule has 0 radical (unpaired) electrons. The highest BCUT2D eigenvalue weighted by molar-refractivity contribution is 9.10. The molecule has 0 saturated carbocycles. The average Bonchev–Trinajstić information content (AvgIpc) is 2.33. The highest BCUT2D eigenvalue weighted by Gasteiger charge is 2.22. The molecule has 1 aliphatic rings. The van der Waals surface area contributed by atoms with Crippen LogP contribution in [-0.2, 0) is 6.54 Å². The Morgan fingerprint density at radius 2 is 2.26 bits per heavy atom. The van der Waals surface area contributed by atoms with Crippen molar-refractivity contribution in [2.45, 2.75) is 32.4 Å². The topological polar surface area (TPSA) is 29.3 Å². The van der Waals surface area contributed by atoms with Crippen LogP contribution in [0.15, 0.2) is 22.7 Å². The van der Waals surface area contributed by atoms with Gasteiger partial charge in [0, 0.05) is 28.6 Å². The first-order valence-corrected chi connectivity index (χ1v) is 7.65. The van der Waals surface area contributed by atoms with E-state index in [1.807, 2.05) is 12.1 Å². The normalized spacial score (nSPS) is 21.8. The molecule has 1 aliphatic heterocycles. The molecule has 1 heterocycles. The molecule has 0 bridgehead atoms. The maximum absolute atomic E-state index is 6.27. The van der Waals surface area contributed by atoms with Crippen molar-refractivity contribution in [3.05, 3.63) is 33.3 Å². The van der Waals surface area contributed by atoms with Crippen molar-refractivity contribution in [1.82, 2.24) is 4.90 Å². The van der Waals surface area contributed by atoms with Gasteiger partial charge in [0.05, 0.1) is 0 Å². The van der Waals surface area contributed by atoms with Crippen LogP contribution < -0.4 is 5.73 Å². The van der Waals surface area contributed by atoms with Gasteiger partial charge in [-0.2, -0.15) is 0 Å². The largest absolute Gasteiger partial charge is 0.328 e. The van der Waals surface area contributed by atoms with Crippen molar-refractivity contribution < 1.29 is 0 Å². The number of hydrogen-bond donors (Lipinski definition) is 1. The van der Waals surface area contributed by atoms with Gasteiger partial charge in [-0.1, -0.05) is 33.6 Å². The van der Waals surface area contributed by atoms with E-state index in [1.54, 1.807) is 0 Å². The maximum Gasteiger partial charge on any atom is 0.0462 e. The number of halogens is 3. The third kappa shape index (κ3) is 4.91. The molecule has 0 amide bonds. The van der Waals surface area contributed by atoms with Crippen LogP contribution in [0.5, 0.6) is 0 Å². The van der Waals surface area contributed by atoms with E-state index < -0.39 is 0 Å². The number of benzene rings is 1. The van der Waals surface area contributed by atoms with E-state index in [0.29, 0.717) is 5.92 Å². The van der Waals surface area contributed by atoms with Gasteiger partial charge in [-0.15, -0.1) is 12.4 Å². The molecule has 108 valence electrons. The summed E-state index contributed by atoms with van der Waals surface area (Å²) in [5, 5.41) is 0.840. The van der Waals surface area contributed by atoms with Gasteiger partial charge in [-0.05, 0) is 49.9 Å². The van der Waals surface area contributed by atoms with Crippen molar-refractivity contribution >= 4 is 39.9 Å². The third-order valence-electron chi connectivity index (χ3n) is 3.69. The molecule has 2 atom stereocenters. The first-order chi connectivity index (χ1) is 8.56. The molecule has 0 spiro atoms. The Balaban J connectivity index is 0.00000180. The van der Waals surface area contributed by atoms with Crippen LogP contribution in [-0.4, -0.2) is 24.0 Å². The first-order valence-electron chi connectivity index (χ1n) is 6.48. The van der Waals surface area contributed by atoms with Gasteiger partial charge in [0.1, 0.15) is 0 Å². The second-order valence-corrected chi connectivity index (χ2v) is 6.56. The summed E-state index contributed by atoms with van der Waals surface area (Å²) in [7, 11) is 0. The lowest BCUT2D eigenvalue weighted by molar-refractivity contribution is 0.154. The molecular weight excluding hydrogens is 347 g/mol. The molecular formula is C14H21BrCl2N2. The van der Waals surface area contributed by atoms with Crippen molar-refractivity contribution in [2.75, 3.05) is 13.1 Å². The Morgan fingerprint density at radius 1 is 1.53 bits per heavy atom. The smallest absolute Gasteiger partial charge is 0.0462 e. The minimum Gasteiger partial charge on any atom is -0.328 e. The SMILES string of the molecule is CC(N)C1CCCN(Cc2ccc(Br)cc2Cl)C1.Cl. The molecule has 2 nitrogen and oxygen atoms in total. The van der Waals surface area contributed by atoms with Crippen LogP contribution >= 0.6 is 39.9 Å². The lowest BCUT2D eigenvalue weighted by Gasteiger charge is -2.34. The first kappa shape index (κ1) is 17.3. The molecule has 1 fully saturated rings. The fourth-order valence-corrected chi connectivity index (χ4v) is 3.29. The van der Waals surface area contributed by atoms with Crippen LogP contribution in [0.25, 0.3) is 0 Å². The number of nitrogens with two attached hydrogens (primary N) is 1. The lowest BCUT2D eigenvalue weighted by atomic mass is 9.92. The Bertz CT molecular complexity index is 412. The molecule has 2 unspecified atom stereocenters. The number of rotatable bonds is 3. The predicted octanol–water partition coefficient (Wildman–Crippen LogP) is 4.08. The fraction of sp³-hybridized carbons (Fsp3) is 0.571. The van der Waals surface area contributed by atoms with E-state index in [9.17, 15) is 0 Å². The summed E-state index contributed by atoms with van der Waals surface area (Å²) in [4.78, 5) is 2.46. The highest BCUT2D eigenvalue weighted by Crippen LogP contribution is 2.25. The Labute approximate surface area is 135 Å².